The Hall–Kier alpha value is 0.0800. The van der Waals surface area contributed by atoms with Crippen molar-refractivity contribution in [1.29, 1.82) is 0 Å². The molecule has 1 spiro atoms. The molecule has 1 aromatic rings. The zero-order valence-corrected chi connectivity index (χ0v) is 14.5. The summed E-state index contributed by atoms with van der Waals surface area (Å²) in [6.45, 7) is 0. The van der Waals surface area contributed by atoms with E-state index in [1.165, 1.54) is 38.5 Å². The van der Waals surface area contributed by atoms with Gasteiger partial charge < -0.3 is 4.74 Å². The van der Waals surface area contributed by atoms with Crippen LogP contribution >= 0.6 is 39.1 Å². The third-order valence-electron chi connectivity index (χ3n) is 4.88. The number of hydrogen-bond donors (Lipinski definition) is 0. The highest BCUT2D eigenvalue weighted by Crippen LogP contribution is 2.56. The molecule has 20 heavy (non-hydrogen) atoms. The zero-order valence-electron chi connectivity index (χ0n) is 11.4. The summed E-state index contributed by atoms with van der Waals surface area (Å²) in [5, 5.41) is 1.32. The first-order valence-electron chi connectivity index (χ1n) is 7.37. The highest BCUT2D eigenvalue weighted by Gasteiger charge is 2.55. The second kappa shape index (κ2) is 6.06. The van der Waals surface area contributed by atoms with Crippen LogP contribution in [-0.4, -0.2) is 10.9 Å². The molecule has 0 heterocycles. The Bertz CT molecular complexity index is 483. The van der Waals surface area contributed by atoms with Crippen molar-refractivity contribution in [1.82, 2.24) is 0 Å². The van der Waals surface area contributed by atoms with Crippen molar-refractivity contribution in [2.45, 2.75) is 55.9 Å². The molecule has 2 unspecified atom stereocenters. The molecular weight excluding hydrogens is 359 g/mol. The van der Waals surface area contributed by atoms with Crippen LogP contribution in [0.1, 0.15) is 44.9 Å². The lowest BCUT2D eigenvalue weighted by molar-refractivity contribution is -0.0461. The van der Waals surface area contributed by atoms with Gasteiger partial charge in [-0.3, -0.25) is 0 Å². The molecule has 0 radical (unpaired) electrons. The van der Waals surface area contributed by atoms with Gasteiger partial charge in [0.15, 0.2) is 0 Å². The van der Waals surface area contributed by atoms with Crippen LogP contribution in [0.25, 0.3) is 0 Å². The van der Waals surface area contributed by atoms with E-state index in [0.29, 0.717) is 20.3 Å². The van der Waals surface area contributed by atoms with Gasteiger partial charge in [0.2, 0.25) is 0 Å². The van der Waals surface area contributed by atoms with Gasteiger partial charge in [-0.2, -0.15) is 0 Å². The average Bonchev–Trinajstić information content (AvgIpc) is 2.70. The maximum Gasteiger partial charge on any atom is 0.139 e. The lowest BCUT2D eigenvalue weighted by Gasteiger charge is -2.53. The van der Waals surface area contributed by atoms with E-state index >= 15 is 0 Å². The van der Waals surface area contributed by atoms with Crippen molar-refractivity contribution in [2.24, 2.45) is 5.41 Å². The summed E-state index contributed by atoms with van der Waals surface area (Å²) in [7, 11) is 0. The van der Waals surface area contributed by atoms with E-state index < -0.39 is 0 Å². The molecule has 110 valence electrons. The minimum atomic E-state index is 0.265. The highest BCUT2D eigenvalue weighted by molar-refractivity contribution is 9.09. The Labute approximate surface area is 139 Å². The van der Waals surface area contributed by atoms with E-state index in [4.69, 9.17) is 27.9 Å². The molecule has 2 saturated carbocycles. The largest absolute Gasteiger partial charge is 0.488 e. The summed E-state index contributed by atoms with van der Waals surface area (Å²) in [6, 6.07) is 5.44. The smallest absolute Gasteiger partial charge is 0.139 e. The van der Waals surface area contributed by atoms with Crippen LogP contribution in [0.4, 0.5) is 0 Å². The highest BCUT2D eigenvalue weighted by atomic mass is 79.9. The summed E-state index contributed by atoms with van der Waals surface area (Å²) >= 11 is 16.1. The summed E-state index contributed by atoms with van der Waals surface area (Å²) in [5.41, 5.74) is 0.294. The SMILES string of the molecule is Clc1ccc(Cl)c(OC2CC(Br)C23CCCCCC3)c1. The number of rotatable bonds is 2. The van der Waals surface area contributed by atoms with Crippen molar-refractivity contribution in [2.75, 3.05) is 0 Å². The predicted octanol–water partition coefficient (Wildman–Crippen LogP) is 6.25. The van der Waals surface area contributed by atoms with Gasteiger partial charge >= 0.3 is 0 Å². The molecule has 0 saturated heterocycles. The number of benzene rings is 1. The van der Waals surface area contributed by atoms with Gasteiger partial charge in [0.05, 0.1) is 5.02 Å². The Morgan fingerprint density at radius 1 is 1.10 bits per heavy atom. The Morgan fingerprint density at radius 3 is 2.45 bits per heavy atom. The van der Waals surface area contributed by atoms with Crippen LogP contribution in [0.2, 0.25) is 10.0 Å². The van der Waals surface area contributed by atoms with Gasteiger partial charge in [-0.1, -0.05) is 64.8 Å². The lowest BCUT2D eigenvalue weighted by Crippen LogP contribution is -2.56. The monoisotopic (exact) mass is 376 g/mol. The first-order chi connectivity index (χ1) is 9.62. The molecule has 0 N–H and O–H groups in total. The Morgan fingerprint density at radius 2 is 1.80 bits per heavy atom. The maximum absolute atomic E-state index is 6.23. The Kier molecular flexibility index (Phi) is 4.54. The zero-order chi connectivity index (χ0) is 14.2. The summed E-state index contributed by atoms with van der Waals surface area (Å²) in [6.07, 6.45) is 9.16. The third-order valence-corrected chi connectivity index (χ3v) is 6.72. The molecule has 0 bridgehead atoms. The van der Waals surface area contributed by atoms with E-state index in [0.717, 1.165) is 12.2 Å². The molecule has 1 aromatic carbocycles. The van der Waals surface area contributed by atoms with E-state index in [-0.39, 0.29) is 6.10 Å². The van der Waals surface area contributed by atoms with Crippen LogP contribution < -0.4 is 4.74 Å². The molecule has 2 fully saturated rings. The van der Waals surface area contributed by atoms with E-state index in [9.17, 15) is 0 Å². The summed E-state index contributed by atoms with van der Waals surface area (Å²) in [4.78, 5) is 0.580. The van der Waals surface area contributed by atoms with E-state index in [2.05, 4.69) is 15.9 Å². The average molecular weight is 378 g/mol. The van der Waals surface area contributed by atoms with Crippen molar-refractivity contribution >= 4 is 39.1 Å². The second-order valence-corrected chi connectivity index (χ2v) is 7.98. The number of ether oxygens (including phenoxy) is 1. The second-order valence-electron chi connectivity index (χ2n) is 6.03. The fourth-order valence-electron chi connectivity index (χ4n) is 3.61. The molecule has 0 aliphatic heterocycles. The first kappa shape index (κ1) is 15.0. The predicted molar refractivity (Wildman–Crippen MR) is 88.3 cm³/mol. The third kappa shape index (κ3) is 2.71. The van der Waals surface area contributed by atoms with Gasteiger partial charge in [0.1, 0.15) is 11.9 Å². The minimum Gasteiger partial charge on any atom is -0.488 e. The molecule has 2 atom stereocenters. The molecule has 0 aromatic heterocycles. The van der Waals surface area contributed by atoms with Crippen LogP contribution in [0.15, 0.2) is 18.2 Å². The molecule has 2 aliphatic carbocycles. The van der Waals surface area contributed by atoms with Gasteiger partial charge in [0.25, 0.3) is 0 Å². The normalized spacial score (nSPS) is 28.8. The molecule has 1 nitrogen and oxygen atoms in total. The molecule has 2 aliphatic rings. The fraction of sp³-hybridized carbons (Fsp3) is 0.625. The van der Waals surface area contributed by atoms with Gasteiger partial charge in [-0.05, 0) is 31.4 Å². The van der Waals surface area contributed by atoms with Crippen molar-refractivity contribution in [3.05, 3.63) is 28.2 Å². The fourth-order valence-corrected chi connectivity index (χ4v) is 5.02. The van der Waals surface area contributed by atoms with Crippen molar-refractivity contribution < 1.29 is 4.74 Å². The van der Waals surface area contributed by atoms with E-state index in [1.807, 2.05) is 12.1 Å². The van der Waals surface area contributed by atoms with Gasteiger partial charge in [0, 0.05) is 21.3 Å². The summed E-state index contributed by atoms with van der Waals surface area (Å²) in [5.74, 6) is 0.729. The van der Waals surface area contributed by atoms with Crippen molar-refractivity contribution in [3.63, 3.8) is 0 Å². The molecular formula is C16H19BrCl2O. The number of hydrogen-bond acceptors (Lipinski definition) is 1. The lowest BCUT2D eigenvalue weighted by atomic mass is 9.61. The maximum atomic E-state index is 6.23. The van der Waals surface area contributed by atoms with Crippen LogP contribution in [-0.2, 0) is 0 Å². The number of halogens is 3. The van der Waals surface area contributed by atoms with Crippen molar-refractivity contribution in [3.8, 4) is 5.75 Å². The van der Waals surface area contributed by atoms with Crippen LogP contribution in [0.5, 0.6) is 5.75 Å². The minimum absolute atomic E-state index is 0.265. The summed E-state index contributed by atoms with van der Waals surface area (Å²) < 4.78 is 6.23. The molecule has 4 heteroatoms. The molecule has 0 amide bonds. The van der Waals surface area contributed by atoms with E-state index in [1.54, 1.807) is 6.07 Å². The molecule has 3 rings (SSSR count). The standard InChI is InChI=1S/C16H19BrCl2O/c17-14-10-15(16(14)7-3-1-2-4-8-16)20-13-9-11(18)5-6-12(13)19/h5-6,9,14-15H,1-4,7-8,10H2. The van der Waals surface area contributed by atoms with Gasteiger partial charge in [-0.25, -0.2) is 0 Å². The van der Waals surface area contributed by atoms with Crippen LogP contribution in [0, 0.1) is 5.41 Å². The Balaban J connectivity index is 1.78. The first-order valence-corrected chi connectivity index (χ1v) is 9.05. The van der Waals surface area contributed by atoms with Crippen LogP contribution in [0.3, 0.4) is 0 Å². The van der Waals surface area contributed by atoms with Gasteiger partial charge in [-0.15, -0.1) is 0 Å². The quantitative estimate of drug-likeness (QED) is 0.553. The number of alkyl halides is 1. The topological polar surface area (TPSA) is 9.23 Å².